The molecule has 1 aromatic rings. The summed E-state index contributed by atoms with van der Waals surface area (Å²) in [6.45, 7) is 9.59. The lowest BCUT2D eigenvalue weighted by atomic mass is 9.99. The summed E-state index contributed by atoms with van der Waals surface area (Å²) >= 11 is 0. The molecule has 1 unspecified atom stereocenters. The van der Waals surface area contributed by atoms with E-state index >= 15 is 0 Å². The average molecular weight is 332 g/mol. The summed E-state index contributed by atoms with van der Waals surface area (Å²) in [5.74, 6) is -0.429. The molecule has 132 valence electrons. The van der Waals surface area contributed by atoms with E-state index in [1.807, 2.05) is 0 Å². The van der Waals surface area contributed by atoms with Crippen LogP contribution in [0.5, 0.6) is 0 Å². The fourth-order valence-corrected chi connectivity index (χ4v) is 3.10. The Morgan fingerprint density at radius 3 is 2.00 bits per heavy atom. The molecule has 24 heavy (non-hydrogen) atoms. The van der Waals surface area contributed by atoms with Crippen LogP contribution in [0.1, 0.15) is 56.7 Å². The summed E-state index contributed by atoms with van der Waals surface area (Å²) in [5.41, 5.74) is 2.64. The van der Waals surface area contributed by atoms with E-state index in [0.29, 0.717) is 25.0 Å². The number of aliphatic carboxylic acids is 1. The van der Waals surface area contributed by atoms with E-state index in [0.717, 1.165) is 13.1 Å². The van der Waals surface area contributed by atoms with Gasteiger partial charge in [-0.05, 0) is 24.0 Å². The quantitative estimate of drug-likeness (QED) is 0.870. The molecule has 0 aromatic heterocycles. The van der Waals surface area contributed by atoms with Crippen molar-refractivity contribution in [2.75, 3.05) is 26.2 Å². The van der Waals surface area contributed by atoms with Crippen molar-refractivity contribution in [3.05, 3.63) is 35.4 Å². The van der Waals surface area contributed by atoms with Gasteiger partial charge in [0.15, 0.2) is 0 Å². The summed E-state index contributed by atoms with van der Waals surface area (Å²) < 4.78 is 0. The molecule has 0 aliphatic carbocycles. The van der Waals surface area contributed by atoms with Gasteiger partial charge >= 0.3 is 5.97 Å². The van der Waals surface area contributed by atoms with Gasteiger partial charge < -0.3 is 10.0 Å². The summed E-state index contributed by atoms with van der Waals surface area (Å²) in [6.07, 6.45) is 0.0131. The normalized spacial score (nSPS) is 17.1. The molecule has 0 spiro atoms. The maximum absolute atomic E-state index is 12.0. The van der Waals surface area contributed by atoms with E-state index in [4.69, 9.17) is 5.11 Å². The predicted molar refractivity (Wildman–Crippen MR) is 94.0 cm³/mol. The zero-order chi connectivity index (χ0) is 17.7. The molecule has 5 nitrogen and oxygen atoms in total. The molecule has 2 rings (SSSR count). The average Bonchev–Trinajstić information content (AvgIpc) is 2.59. The van der Waals surface area contributed by atoms with Crippen LogP contribution in [0.4, 0.5) is 0 Å². The second kappa shape index (κ2) is 8.29. The predicted octanol–water partition coefficient (Wildman–Crippen LogP) is 2.88. The van der Waals surface area contributed by atoms with Crippen molar-refractivity contribution in [2.45, 2.75) is 45.6 Å². The number of carboxylic acids is 1. The van der Waals surface area contributed by atoms with Gasteiger partial charge in [-0.1, -0.05) is 38.1 Å². The van der Waals surface area contributed by atoms with Crippen LogP contribution in [0.25, 0.3) is 0 Å². The minimum Gasteiger partial charge on any atom is -0.481 e. The van der Waals surface area contributed by atoms with Gasteiger partial charge in [0.05, 0.1) is 6.42 Å². The van der Waals surface area contributed by atoms with Crippen molar-refractivity contribution in [1.82, 2.24) is 9.80 Å². The van der Waals surface area contributed by atoms with Crippen molar-refractivity contribution >= 4 is 11.9 Å². The van der Waals surface area contributed by atoms with Crippen LogP contribution in [0.2, 0.25) is 0 Å². The Hall–Kier alpha value is -1.88. The zero-order valence-electron chi connectivity index (χ0n) is 14.9. The van der Waals surface area contributed by atoms with E-state index in [1.54, 1.807) is 4.90 Å². The van der Waals surface area contributed by atoms with Crippen LogP contribution < -0.4 is 0 Å². The molecule has 0 saturated carbocycles. The topological polar surface area (TPSA) is 60.9 Å². The highest BCUT2D eigenvalue weighted by molar-refractivity contribution is 5.80. The van der Waals surface area contributed by atoms with Gasteiger partial charge in [0.25, 0.3) is 0 Å². The standard InChI is InChI=1S/C19H28N2O3/c1-14(2)16-4-6-17(7-5-16)15(3)20-10-12-21(13-11-20)18(22)8-9-19(23)24/h4-7,14-15H,8-13H2,1-3H3,(H,23,24). The first-order chi connectivity index (χ1) is 11.4. The van der Waals surface area contributed by atoms with Gasteiger partial charge in [-0.25, -0.2) is 0 Å². The molecule has 1 amide bonds. The van der Waals surface area contributed by atoms with Crippen molar-refractivity contribution in [2.24, 2.45) is 0 Å². The number of piperazine rings is 1. The number of carbonyl (C=O) groups excluding carboxylic acids is 1. The molecule has 1 N–H and O–H groups in total. The molecule has 1 saturated heterocycles. The van der Waals surface area contributed by atoms with Crippen LogP contribution in [0, 0.1) is 0 Å². The minimum absolute atomic E-state index is 0.0500. The number of carbonyl (C=O) groups is 2. The maximum atomic E-state index is 12.0. The molecular formula is C19H28N2O3. The summed E-state index contributed by atoms with van der Waals surface area (Å²) in [6, 6.07) is 9.11. The smallest absolute Gasteiger partial charge is 0.303 e. The zero-order valence-corrected chi connectivity index (χ0v) is 14.9. The SMILES string of the molecule is CC(C)c1ccc(C(C)N2CCN(C(=O)CCC(=O)O)CC2)cc1. The van der Waals surface area contributed by atoms with Crippen LogP contribution in [0.15, 0.2) is 24.3 Å². The first-order valence-electron chi connectivity index (χ1n) is 8.72. The van der Waals surface area contributed by atoms with E-state index in [2.05, 4.69) is 49.9 Å². The number of carboxylic acid groups (broad SMARTS) is 1. The number of hydrogen-bond acceptors (Lipinski definition) is 3. The molecule has 1 aromatic carbocycles. The van der Waals surface area contributed by atoms with Gasteiger partial charge in [-0.2, -0.15) is 0 Å². The van der Waals surface area contributed by atoms with E-state index < -0.39 is 5.97 Å². The highest BCUT2D eigenvalue weighted by Crippen LogP contribution is 2.24. The van der Waals surface area contributed by atoms with Gasteiger partial charge in [0, 0.05) is 38.6 Å². The summed E-state index contributed by atoms with van der Waals surface area (Å²) in [5, 5.41) is 8.68. The third kappa shape index (κ3) is 4.81. The van der Waals surface area contributed by atoms with Crippen LogP contribution >= 0.6 is 0 Å². The van der Waals surface area contributed by atoms with Gasteiger partial charge in [-0.3, -0.25) is 14.5 Å². The third-order valence-electron chi connectivity index (χ3n) is 4.85. The largest absolute Gasteiger partial charge is 0.481 e. The van der Waals surface area contributed by atoms with E-state index in [1.165, 1.54) is 11.1 Å². The van der Waals surface area contributed by atoms with Crippen LogP contribution in [-0.4, -0.2) is 53.0 Å². The van der Waals surface area contributed by atoms with E-state index in [9.17, 15) is 9.59 Å². The molecule has 1 aliphatic heterocycles. The van der Waals surface area contributed by atoms with Crippen molar-refractivity contribution in [3.8, 4) is 0 Å². The number of amides is 1. The van der Waals surface area contributed by atoms with Gasteiger partial charge in [0.1, 0.15) is 0 Å². The Balaban J connectivity index is 1.87. The monoisotopic (exact) mass is 332 g/mol. The van der Waals surface area contributed by atoms with Crippen molar-refractivity contribution < 1.29 is 14.7 Å². The molecular weight excluding hydrogens is 304 g/mol. The van der Waals surface area contributed by atoms with Crippen LogP contribution in [-0.2, 0) is 9.59 Å². The van der Waals surface area contributed by atoms with Crippen LogP contribution in [0.3, 0.4) is 0 Å². The number of nitrogens with zero attached hydrogens (tertiary/aromatic N) is 2. The van der Waals surface area contributed by atoms with Gasteiger partial charge in [0.2, 0.25) is 5.91 Å². The Bertz CT molecular complexity index is 560. The van der Waals surface area contributed by atoms with Gasteiger partial charge in [-0.15, -0.1) is 0 Å². The van der Waals surface area contributed by atoms with Crippen molar-refractivity contribution in [1.29, 1.82) is 0 Å². The second-order valence-electron chi connectivity index (χ2n) is 6.81. The number of hydrogen-bond donors (Lipinski definition) is 1. The Morgan fingerprint density at radius 1 is 0.958 bits per heavy atom. The highest BCUT2D eigenvalue weighted by Gasteiger charge is 2.24. The Morgan fingerprint density at radius 2 is 1.50 bits per heavy atom. The first-order valence-corrected chi connectivity index (χ1v) is 8.72. The minimum atomic E-state index is -0.916. The highest BCUT2D eigenvalue weighted by atomic mass is 16.4. The van der Waals surface area contributed by atoms with E-state index in [-0.39, 0.29) is 18.7 Å². The summed E-state index contributed by atoms with van der Waals surface area (Å²) in [7, 11) is 0. The molecule has 1 atom stereocenters. The Labute approximate surface area is 144 Å². The molecule has 1 fully saturated rings. The fraction of sp³-hybridized carbons (Fsp3) is 0.579. The Kier molecular flexibility index (Phi) is 6.37. The lowest BCUT2D eigenvalue weighted by molar-refractivity contribution is -0.141. The molecule has 0 bridgehead atoms. The second-order valence-corrected chi connectivity index (χ2v) is 6.81. The number of benzene rings is 1. The maximum Gasteiger partial charge on any atom is 0.303 e. The fourth-order valence-electron chi connectivity index (χ4n) is 3.10. The lowest BCUT2D eigenvalue weighted by Crippen LogP contribution is -2.49. The lowest BCUT2D eigenvalue weighted by Gasteiger charge is -2.38. The molecule has 1 aliphatic rings. The van der Waals surface area contributed by atoms with Crippen molar-refractivity contribution in [3.63, 3.8) is 0 Å². The molecule has 0 radical (unpaired) electrons. The molecule has 1 heterocycles. The first kappa shape index (κ1) is 18.5. The molecule has 5 heteroatoms. The number of rotatable bonds is 6. The third-order valence-corrected chi connectivity index (χ3v) is 4.85. The summed E-state index contributed by atoms with van der Waals surface area (Å²) in [4.78, 5) is 26.7.